The molecule has 0 aliphatic carbocycles. The van der Waals surface area contributed by atoms with Crippen LogP contribution in [0.3, 0.4) is 0 Å². The minimum absolute atomic E-state index is 0.406. The zero-order valence-corrected chi connectivity index (χ0v) is 11.2. The highest BCUT2D eigenvalue weighted by molar-refractivity contribution is 5.06. The third-order valence-electron chi connectivity index (χ3n) is 3.31. The third kappa shape index (κ3) is 4.98. The Morgan fingerprint density at radius 3 is 2.81 bits per heavy atom. The first kappa shape index (κ1) is 13.5. The van der Waals surface area contributed by atoms with Crippen LogP contribution in [0.25, 0.3) is 0 Å². The van der Waals surface area contributed by atoms with Crippen LogP contribution in [-0.4, -0.2) is 12.2 Å². The summed E-state index contributed by atoms with van der Waals surface area (Å²) in [7, 11) is 0. The molecule has 1 heterocycles. The van der Waals surface area contributed by atoms with Crippen molar-refractivity contribution < 1.29 is 4.74 Å². The maximum Gasteiger partial charge on any atom is 0.102 e. The summed E-state index contributed by atoms with van der Waals surface area (Å²) in [5.41, 5.74) is 1.47. The van der Waals surface area contributed by atoms with E-state index in [-0.39, 0.29) is 0 Å². The Bertz CT molecular complexity index is 252. The molecule has 1 fully saturated rings. The molecule has 1 nitrogen and oxygen atoms in total. The smallest absolute Gasteiger partial charge is 0.102 e. The molecular formula is C15H26O. The van der Waals surface area contributed by atoms with Crippen LogP contribution >= 0.6 is 0 Å². The largest absolute Gasteiger partial charge is 0.365 e. The molecule has 0 spiro atoms. The number of epoxide rings is 1. The van der Waals surface area contributed by atoms with Crippen molar-refractivity contribution in [1.82, 2.24) is 0 Å². The highest BCUT2D eigenvalue weighted by Gasteiger charge is 2.35. The fourth-order valence-electron chi connectivity index (χ4n) is 1.92. The Balaban J connectivity index is 2.14. The number of hydrogen-bond acceptors (Lipinski definition) is 1. The molecule has 1 rings (SSSR count). The van der Waals surface area contributed by atoms with Crippen LogP contribution in [0.4, 0.5) is 0 Å². The maximum atomic E-state index is 5.63. The molecule has 0 saturated carbocycles. The molecule has 0 aromatic heterocycles. The summed E-state index contributed by atoms with van der Waals surface area (Å²) in [6.07, 6.45) is 12.6. The first-order chi connectivity index (χ1) is 7.67. The van der Waals surface area contributed by atoms with E-state index in [1.165, 1.54) is 31.3 Å². The average Bonchev–Trinajstić information content (AvgIpc) is 3.02. The SMILES string of the molecule is C/C=C(/C)CCC1OC1/C=C\C(C)CCC. The fraction of sp³-hybridized carbons (Fsp3) is 0.733. The van der Waals surface area contributed by atoms with Crippen LogP contribution in [0.15, 0.2) is 23.8 Å². The highest BCUT2D eigenvalue weighted by atomic mass is 16.6. The molecule has 3 atom stereocenters. The molecule has 1 heteroatoms. The van der Waals surface area contributed by atoms with Crippen molar-refractivity contribution in [3.05, 3.63) is 23.8 Å². The van der Waals surface area contributed by atoms with Crippen molar-refractivity contribution in [2.45, 2.75) is 65.6 Å². The van der Waals surface area contributed by atoms with Crippen LogP contribution in [-0.2, 0) is 4.74 Å². The molecule has 0 amide bonds. The van der Waals surface area contributed by atoms with Crippen molar-refractivity contribution in [3.63, 3.8) is 0 Å². The summed E-state index contributed by atoms with van der Waals surface area (Å²) in [6.45, 7) is 8.81. The van der Waals surface area contributed by atoms with E-state index in [4.69, 9.17) is 4.74 Å². The van der Waals surface area contributed by atoms with Gasteiger partial charge in [-0.05, 0) is 39.0 Å². The lowest BCUT2D eigenvalue weighted by Crippen LogP contribution is -1.93. The lowest BCUT2D eigenvalue weighted by molar-refractivity contribution is 0.378. The van der Waals surface area contributed by atoms with Gasteiger partial charge in [0.15, 0.2) is 0 Å². The van der Waals surface area contributed by atoms with Gasteiger partial charge in [-0.1, -0.05) is 44.1 Å². The molecule has 0 N–H and O–H groups in total. The van der Waals surface area contributed by atoms with Crippen LogP contribution in [0, 0.1) is 5.92 Å². The molecular weight excluding hydrogens is 196 g/mol. The zero-order chi connectivity index (χ0) is 12.0. The number of hydrogen-bond donors (Lipinski definition) is 0. The quantitative estimate of drug-likeness (QED) is 0.456. The second-order valence-corrected chi connectivity index (χ2v) is 4.96. The predicted molar refractivity (Wildman–Crippen MR) is 70.5 cm³/mol. The molecule has 1 aliphatic heterocycles. The zero-order valence-electron chi connectivity index (χ0n) is 11.2. The molecule has 16 heavy (non-hydrogen) atoms. The van der Waals surface area contributed by atoms with E-state index in [2.05, 4.69) is 45.9 Å². The summed E-state index contributed by atoms with van der Waals surface area (Å²) < 4.78 is 5.63. The molecule has 1 saturated heterocycles. The van der Waals surface area contributed by atoms with Crippen molar-refractivity contribution in [3.8, 4) is 0 Å². The van der Waals surface area contributed by atoms with Crippen LogP contribution in [0.5, 0.6) is 0 Å². The Morgan fingerprint density at radius 2 is 2.19 bits per heavy atom. The summed E-state index contributed by atoms with van der Waals surface area (Å²) in [6, 6.07) is 0. The second-order valence-electron chi connectivity index (χ2n) is 4.96. The van der Waals surface area contributed by atoms with Crippen molar-refractivity contribution in [2.24, 2.45) is 5.92 Å². The number of allylic oxidation sites excluding steroid dienone is 3. The summed E-state index contributed by atoms with van der Waals surface area (Å²) in [5, 5.41) is 0. The Labute approximate surface area is 101 Å². The van der Waals surface area contributed by atoms with Crippen LogP contribution in [0.2, 0.25) is 0 Å². The van der Waals surface area contributed by atoms with E-state index >= 15 is 0 Å². The van der Waals surface area contributed by atoms with Crippen molar-refractivity contribution in [2.75, 3.05) is 0 Å². The van der Waals surface area contributed by atoms with Gasteiger partial charge >= 0.3 is 0 Å². The van der Waals surface area contributed by atoms with Crippen LogP contribution in [0.1, 0.15) is 53.4 Å². The topological polar surface area (TPSA) is 12.5 Å². The third-order valence-corrected chi connectivity index (χ3v) is 3.31. The van der Waals surface area contributed by atoms with Gasteiger partial charge in [0.1, 0.15) is 6.10 Å². The monoisotopic (exact) mass is 222 g/mol. The predicted octanol–water partition coefficient (Wildman–Crippen LogP) is 4.49. The van der Waals surface area contributed by atoms with Gasteiger partial charge in [0.25, 0.3) is 0 Å². The average molecular weight is 222 g/mol. The molecule has 3 unspecified atom stereocenters. The minimum atomic E-state index is 0.406. The molecule has 0 aromatic rings. The summed E-state index contributed by atoms with van der Waals surface area (Å²) in [4.78, 5) is 0. The van der Waals surface area contributed by atoms with E-state index in [1.807, 2.05) is 0 Å². The molecule has 0 radical (unpaired) electrons. The van der Waals surface area contributed by atoms with Gasteiger partial charge < -0.3 is 4.74 Å². The Kier molecular flexibility index (Phi) is 5.83. The highest BCUT2D eigenvalue weighted by Crippen LogP contribution is 2.29. The standard InChI is InChI=1S/C15H26O/c1-5-7-13(4)9-11-15-14(16-15)10-8-12(3)6-2/h6,9,11,13-15H,5,7-8,10H2,1-4H3/b11-9-,12-6-. The Morgan fingerprint density at radius 1 is 1.44 bits per heavy atom. The molecule has 0 aromatic carbocycles. The maximum absolute atomic E-state index is 5.63. The lowest BCUT2D eigenvalue weighted by Gasteiger charge is -2.01. The van der Waals surface area contributed by atoms with Gasteiger partial charge in [-0.3, -0.25) is 0 Å². The van der Waals surface area contributed by atoms with Crippen molar-refractivity contribution in [1.29, 1.82) is 0 Å². The summed E-state index contributed by atoms with van der Waals surface area (Å²) in [5.74, 6) is 0.701. The van der Waals surface area contributed by atoms with Gasteiger partial charge in [-0.25, -0.2) is 0 Å². The van der Waals surface area contributed by atoms with Crippen LogP contribution < -0.4 is 0 Å². The number of ether oxygens (including phenoxy) is 1. The Hall–Kier alpha value is -0.560. The van der Waals surface area contributed by atoms with Gasteiger partial charge in [0.05, 0.1) is 6.10 Å². The van der Waals surface area contributed by atoms with Gasteiger partial charge in [-0.15, -0.1) is 0 Å². The summed E-state index contributed by atoms with van der Waals surface area (Å²) >= 11 is 0. The second kappa shape index (κ2) is 6.90. The first-order valence-electron chi connectivity index (χ1n) is 6.63. The normalized spacial score (nSPS) is 27.4. The first-order valence-corrected chi connectivity index (χ1v) is 6.63. The molecule has 1 aliphatic rings. The molecule has 0 bridgehead atoms. The van der Waals surface area contributed by atoms with Crippen molar-refractivity contribution >= 4 is 0 Å². The van der Waals surface area contributed by atoms with E-state index in [1.54, 1.807) is 0 Å². The lowest BCUT2D eigenvalue weighted by atomic mass is 10.0. The van der Waals surface area contributed by atoms with E-state index in [0.29, 0.717) is 18.1 Å². The van der Waals surface area contributed by atoms with Gasteiger partial charge in [0.2, 0.25) is 0 Å². The van der Waals surface area contributed by atoms with E-state index in [9.17, 15) is 0 Å². The van der Waals surface area contributed by atoms with Gasteiger partial charge in [-0.2, -0.15) is 0 Å². The fourth-order valence-corrected chi connectivity index (χ4v) is 1.92. The van der Waals surface area contributed by atoms with Gasteiger partial charge in [0, 0.05) is 0 Å². The molecule has 92 valence electrons. The van der Waals surface area contributed by atoms with E-state index < -0.39 is 0 Å². The minimum Gasteiger partial charge on any atom is -0.365 e. The van der Waals surface area contributed by atoms with E-state index in [0.717, 1.165) is 0 Å². The number of rotatable bonds is 7.